The third-order valence-electron chi connectivity index (χ3n) is 5.42. The van der Waals surface area contributed by atoms with Gasteiger partial charge in [-0.3, -0.25) is 4.79 Å². The quantitative estimate of drug-likeness (QED) is 0.774. The predicted molar refractivity (Wildman–Crippen MR) is 106 cm³/mol. The topological polar surface area (TPSA) is 71.2 Å². The summed E-state index contributed by atoms with van der Waals surface area (Å²) in [6.07, 6.45) is 8.45. The average Bonchev–Trinajstić information content (AvgIpc) is 2.91. The second kappa shape index (κ2) is 10.6. The number of nitrogens with two attached hydrogens (primary N) is 1. The van der Waals surface area contributed by atoms with Crippen molar-refractivity contribution in [2.24, 2.45) is 11.1 Å². The molecule has 0 saturated carbocycles. The summed E-state index contributed by atoms with van der Waals surface area (Å²) in [5.41, 5.74) is 6.51. The lowest BCUT2D eigenvalue weighted by molar-refractivity contribution is -0.131. The molecule has 1 amide bonds. The number of hydrogen-bond acceptors (Lipinski definition) is 4. The smallest absolute Gasteiger partial charge is 0.227 e. The van der Waals surface area contributed by atoms with E-state index < -0.39 is 5.41 Å². The Labute approximate surface area is 158 Å². The highest BCUT2D eigenvalue weighted by molar-refractivity contribution is 5.85. The summed E-state index contributed by atoms with van der Waals surface area (Å²) in [5, 5.41) is 3.07. The van der Waals surface area contributed by atoms with Crippen molar-refractivity contribution >= 4 is 24.1 Å². The van der Waals surface area contributed by atoms with Crippen LogP contribution in [0.4, 0.5) is 5.82 Å². The van der Waals surface area contributed by atoms with Crippen molar-refractivity contribution in [1.29, 1.82) is 0 Å². The molecule has 5 nitrogen and oxygen atoms in total. The molecule has 142 valence electrons. The lowest BCUT2D eigenvalue weighted by Crippen LogP contribution is -2.45. The average molecular weight is 369 g/mol. The molecular formula is C19H33ClN4O. The minimum Gasteiger partial charge on any atom is -0.357 e. The van der Waals surface area contributed by atoms with E-state index >= 15 is 0 Å². The summed E-state index contributed by atoms with van der Waals surface area (Å²) in [5.74, 6) is 1.09. The Morgan fingerprint density at radius 2 is 1.88 bits per heavy atom. The molecule has 0 aromatic carbocycles. The molecule has 3 N–H and O–H groups in total. The Kier molecular flexibility index (Phi) is 9.22. The highest BCUT2D eigenvalue weighted by Crippen LogP contribution is 2.25. The standard InChI is InChI=1S/C19H32N4O.ClH/c1-3-19(4-2,15-20)18(24)22-14-16-9-10-21-17(13-16)23-11-7-5-6-8-12-23;/h9-10,13H,3-8,11-12,14-15,20H2,1-2H3,(H,22,24);1H. The zero-order chi connectivity index (χ0) is 17.4. The number of aromatic nitrogens is 1. The first-order valence-corrected chi connectivity index (χ1v) is 9.33. The van der Waals surface area contributed by atoms with Gasteiger partial charge in [0.05, 0.1) is 5.41 Å². The minimum absolute atomic E-state index is 0. The Morgan fingerprint density at radius 1 is 1.24 bits per heavy atom. The number of hydrogen-bond donors (Lipinski definition) is 2. The molecular weight excluding hydrogens is 336 g/mol. The summed E-state index contributed by atoms with van der Waals surface area (Å²) in [7, 11) is 0. The Morgan fingerprint density at radius 3 is 2.44 bits per heavy atom. The van der Waals surface area contributed by atoms with Gasteiger partial charge >= 0.3 is 0 Å². The second-order valence-corrected chi connectivity index (χ2v) is 6.80. The van der Waals surface area contributed by atoms with Crippen LogP contribution in [-0.4, -0.2) is 30.5 Å². The van der Waals surface area contributed by atoms with E-state index in [1.807, 2.05) is 26.1 Å². The van der Waals surface area contributed by atoms with Gasteiger partial charge in [-0.05, 0) is 43.4 Å². The van der Waals surface area contributed by atoms with Gasteiger partial charge in [-0.1, -0.05) is 26.7 Å². The van der Waals surface area contributed by atoms with Crippen molar-refractivity contribution in [3.8, 4) is 0 Å². The number of nitrogens with one attached hydrogen (secondary N) is 1. The SMILES string of the molecule is CCC(CC)(CN)C(=O)NCc1ccnc(N2CCCCCC2)c1.Cl. The first kappa shape index (κ1) is 21.7. The van der Waals surface area contributed by atoms with Gasteiger partial charge in [0.2, 0.25) is 5.91 Å². The highest BCUT2D eigenvalue weighted by Gasteiger charge is 2.32. The molecule has 2 heterocycles. The first-order valence-electron chi connectivity index (χ1n) is 9.33. The molecule has 1 aromatic rings. The Balaban J connectivity index is 0.00000312. The van der Waals surface area contributed by atoms with Crippen LogP contribution in [0.2, 0.25) is 0 Å². The largest absolute Gasteiger partial charge is 0.357 e. The molecule has 1 fully saturated rings. The number of pyridine rings is 1. The van der Waals surface area contributed by atoms with Crippen LogP contribution < -0.4 is 16.0 Å². The maximum atomic E-state index is 12.5. The Hall–Kier alpha value is -1.33. The molecule has 1 saturated heterocycles. The molecule has 25 heavy (non-hydrogen) atoms. The van der Waals surface area contributed by atoms with E-state index in [2.05, 4.69) is 21.3 Å². The van der Waals surface area contributed by atoms with Gasteiger partial charge in [0, 0.05) is 32.4 Å². The van der Waals surface area contributed by atoms with Crippen molar-refractivity contribution in [3.63, 3.8) is 0 Å². The van der Waals surface area contributed by atoms with E-state index in [9.17, 15) is 4.79 Å². The van der Waals surface area contributed by atoms with Crippen LogP contribution in [0.25, 0.3) is 0 Å². The lowest BCUT2D eigenvalue weighted by atomic mass is 9.81. The maximum absolute atomic E-state index is 12.5. The normalized spacial score (nSPS) is 15.2. The Bertz CT molecular complexity index is 518. The molecule has 2 rings (SSSR count). The van der Waals surface area contributed by atoms with E-state index in [1.54, 1.807) is 0 Å². The fourth-order valence-corrected chi connectivity index (χ4v) is 3.37. The van der Waals surface area contributed by atoms with Crippen LogP contribution >= 0.6 is 12.4 Å². The van der Waals surface area contributed by atoms with Gasteiger partial charge in [0.15, 0.2) is 0 Å². The number of carbonyl (C=O) groups excluding carboxylic acids is 1. The molecule has 0 atom stereocenters. The number of anilines is 1. The molecule has 1 aromatic heterocycles. The molecule has 1 aliphatic rings. The van der Waals surface area contributed by atoms with Gasteiger partial charge in [0.1, 0.15) is 5.82 Å². The van der Waals surface area contributed by atoms with Crippen LogP contribution in [0, 0.1) is 5.41 Å². The van der Waals surface area contributed by atoms with Gasteiger partial charge in [-0.2, -0.15) is 0 Å². The summed E-state index contributed by atoms with van der Waals surface area (Å²) in [6.45, 7) is 7.13. The fraction of sp³-hybridized carbons (Fsp3) is 0.684. The van der Waals surface area contributed by atoms with E-state index in [0.29, 0.717) is 13.1 Å². The van der Waals surface area contributed by atoms with Crippen molar-refractivity contribution < 1.29 is 4.79 Å². The van der Waals surface area contributed by atoms with E-state index in [4.69, 9.17) is 5.73 Å². The lowest BCUT2D eigenvalue weighted by Gasteiger charge is -2.28. The van der Waals surface area contributed by atoms with Crippen molar-refractivity contribution in [2.45, 2.75) is 58.9 Å². The maximum Gasteiger partial charge on any atom is 0.227 e. The minimum atomic E-state index is -0.444. The van der Waals surface area contributed by atoms with Gasteiger partial charge in [0.25, 0.3) is 0 Å². The van der Waals surface area contributed by atoms with Crippen LogP contribution in [0.15, 0.2) is 18.3 Å². The summed E-state index contributed by atoms with van der Waals surface area (Å²) >= 11 is 0. The molecule has 0 radical (unpaired) electrons. The van der Waals surface area contributed by atoms with E-state index in [1.165, 1.54) is 25.7 Å². The number of carbonyl (C=O) groups is 1. The molecule has 0 bridgehead atoms. The van der Waals surface area contributed by atoms with Crippen LogP contribution in [0.3, 0.4) is 0 Å². The van der Waals surface area contributed by atoms with Gasteiger partial charge in [-0.25, -0.2) is 4.98 Å². The summed E-state index contributed by atoms with van der Waals surface area (Å²) < 4.78 is 0. The fourth-order valence-electron chi connectivity index (χ4n) is 3.37. The van der Waals surface area contributed by atoms with Crippen molar-refractivity contribution in [3.05, 3.63) is 23.9 Å². The zero-order valence-corrected chi connectivity index (χ0v) is 16.4. The van der Waals surface area contributed by atoms with Crippen molar-refractivity contribution in [1.82, 2.24) is 10.3 Å². The number of amides is 1. The summed E-state index contributed by atoms with van der Waals surface area (Å²) in [6, 6.07) is 4.08. The monoisotopic (exact) mass is 368 g/mol. The zero-order valence-electron chi connectivity index (χ0n) is 15.6. The van der Waals surface area contributed by atoms with Crippen LogP contribution in [-0.2, 0) is 11.3 Å². The van der Waals surface area contributed by atoms with Gasteiger partial charge in [-0.15, -0.1) is 12.4 Å². The number of halogens is 1. The highest BCUT2D eigenvalue weighted by atomic mass is 35.5. The van der Waals surface area contributed by atoms with E-state index in [-0.39, 0.29) is 18.3 Å². The van der Waals surface area contributed by atoms with Gasteiger partial charge < -0.3 is 16.0 Å². The van der Waals surface area contributed by atoms with E-state index in [0.717, 1.165) is 37.3 Å². The molecule has 6 heteroatoms. The third-order valence-corrected chi connectivity index (χ3v) is 5.42. The van der Waals surface area contributed by atoms with Crippen LogP contribution in [0.1, 0.15) is 57.9 Å². The number of rotatable bonds is 7. The predicted octanol–water partition coefficient (Wildman–Crippen LogP) is 3.27. The van der Waals surface area contributed by atoms with Crippen LogP contribution in [0.5, 0.6) is 0 Å². The summed E-state index contributed by atoms with van der Waals surface area (Å²) in [4.78, 5) is 19.4. The van der Waals surface area contributed by atoms with Crippen molar-refractivity contribution in [2.75, 3.05) is 24.5 Å². The second-order valence-electron chi connectivity index (χ2n) is 6.80. The third kappa shape index (κ3) is 5.58. The molecule has 0 aliphatic carbocycles. The molecule has 0 unspecified atom stereocenters. The molecule has 0 spiro atoms. The number of nitrogens with zero attached hydrogens (tertiary/aromatic N) is 2. The first-order chi connectivity index (χ1) is 11.6. The molecule has 1 aliphatic heterocycles.